The monoisotopic (exact) mass is 277 g/mol. The summed E-state index contributed by atoms with van der Waals surface area (Å²) in [6, 6.07) is 9.68. The van der Waals surface area contributed by atoms with Crippen LogP contribution in [0.2, 0.25) is 0 Å². The average Bonchev–Trinajstić information content (AvgIpc) is 2.41. The van der Waals surface area contributed by atoms with Gasteiger partial charge in [-0.2, -0.15) is 0 Å². The summed E-state index contributed by atoms with van der Waals surface area (Å²) in [5.74, 6) is -0.505. The van der Waals surface area contributed by atoms with E-state index in [1.54, 1.807) is 31.2 Å². The molecule has 0 aromatic heterocycles. The van der Waals surface area contributed by atoms with Crippen LogP contribution in [-0.4, -0.2) is 10.0 Å². The number of benzene rings is 2. The topological polar surface area (TPSA) is 72.6 Å². The van der Waals surface area contributed by atoms with Crippen LogP contribution < -0.4 is 4.74 Å². The molecule has 0 heterocycles. The molecular weight excluding hydrogens is 265 g/mol. The quantitative estimate of drug-likeness (QED) is 0.684. The molecule has 2 aromatic rings. The molecule has 0 aliphatic rings. The molecule has 1 unspecified atom stereocenters. The Hall–Kier alpha value is -2.47. The number of ether oxygens (including phenoxy) is 1. The van der Waals surface area contributed by atoms with E-state index in [0.717, 1.165) is 12.1 Å². The predicted molar refractivity (Wildman–Crippen MR) is 70.2 cm³/mol. The first-order chi connectivity index (χ1) is 9.49. The number of nitro groups is 1. The molecule has 6 heteroatoms. The summed E-state index contributed by atoms with van der Waals surface area (Å²) >= 11 is 0. The molecular formula is C14H12FNO4. The average molecular weight is 277 g/mol. The minimum Gasteiger partial charge on any atom is -0.450 e. The summed E-state index contributed by atoms with van der Waals surface area (Å²) in [6.45, 7) is 1.56. The summed E-state index contributed by atoms with van der Waals surface area (Å²) in [7, 11) is 0. The van der Waals surface area contributed by atoms with Crippen LogP contribution in [0.25, 0.3) is 0 Å². The second kappa shape index (κ2) is 5.66. The van der Waals surface area contributed by atoms with Gasteiger partial charge in [-0.05, 0) is 25.1 Å². The lowest BCUT2D eigenvalue weighted by atomic mass is 10.1. The van der Waals surface area contributed by atoms with Gasteiger partial charge < -0.3 is 9.84 Å². The third-order valence-electron chi connectivity index (χ3n) is 2.71. The zero-order valence-electron chi connectivity index (χ0n) is 10.6. The van der Waals surface area contributed by atoms with Gasteiger partial charge in [0.1, 0.15) is 11.6 Å². The van der Waals surface area contributed by atoms with E-state index in [0.29, 0.717) is 5.56 Å². The molecule has 0 amide bonds. The highest BCUT2D eigenvalue weighted by Gasteiger charge is 2.18. The van der Waals surface area contributed by atoms with Crippen LogP contribution >= 0.6 is 0 Å². The SMILES string of the molecule is CC(O)c1ccccc1Oc1ccc(F)cc1[N+](=O)[O-]. The number of aliphatic hydroxyl groups excluding tert-OH is 1. The predicted octanol–water partition coefficient (Wildman–Crippen LogP) is 3.58. The van der Waals surface area contributed by atoms with Crippen molar-refractivity contribution in [2.75, 3.05) is 0 Å². The molecule has 2 aromatic carbocycles. The molecule has 2 rings (SSSR count). The second-order valence-electron chi connectivity index (χ2n) is 4.19. The maximum atomic E-state index is 13.1. The number of nitro benzene ring substituents is 1. The minimum atomic E-state index is -0.786. The molecule has 0 saturated carbocycles. The first-order valence-corrected chi connectivity index (χ1v) is 5.88. The number of aliphatic hydroxyl groups is 1. The van der Waals surface area contributed by atoms with Crippen molar-refractivity contribution < 1.29 is 19.2 Å². The Kier molecular flexibility index (Phi) is 3.95. The van der Waals surface area contributed by atoms with Crippen LogP contribution in [0.3, 0.4) is 0 Å². The van der Waals surface area contributed by atoms with Gasteiger partial charge in [0.05, 0.1) is 17.1 Å². The fraction of sp³-hybridized carbons (Fsp3) is 0.143. The Morgan fingerprint density at radius 1 is 1.25 bits per heavy atom. The molecule has 104 valence electrons. The first kappa shape index (κ1) is 14.0. The van der Waals surface area contributed by atoms with E-state index in [2.05, 4.69) is 0 Å². The summed E-state index contributed by atoms with van der Waals surface area (Å²) in [5.41, 5.74) is 0.0246. The maximum Gasteiger partial charge on any atom is 0.314 e. The van der Waals surface area contributed by atoms with Gasteiger partial charge in [-0.3, -0.25) is 10.1 Å². The van der Waals surface area contributed by atoms with Gasteiger partial charge in [-0.15, -0.1) is 0 Å². The molecule has 0 aliphatic carbocycles. The molecule has 0 saturated heterocycles. The van der Waals surface area contributed by atoms with Crippen molar-refractivity contribution in [3.63, 3.8) is 0 Å². The number of para-hydroxylation sites is 1. The molecule has 20 heavy (non-hydrogen) atoms. The summed E-state index contributed by atoms with van der Waals surface area (Å²) < 4.78 is 18.5. The Labute approximate surface area is 114 Å². The molecule has 5 nitrogen and oxygen atoms in total. The number of halogens is 1. The highest BCUT2D eigenvalue weighted by atomic mass is 19.1. The van der Waals surface area contributed by atoms with Gasteiger partial charge in [-0.25, -0.2) is 4.39 Å². The lowest BCUT2D eigenvalue weighted by Gasteiger charge is -2.12. The fourth-order valence-corrected chi connectivity index (χ4v) is 1.76. The highest BCUT2D eigenvalue weighted by Crippen LogP contribution is 2.35. The van der Waals surface area contributed by atoms with Crippen molar-refractivity contribution in [3.05, 3.63) is 64.0 Å². The zero-order chi connectivity index (χ0) is 14.7. The second-order valence-corrected chi connectivity index (χ2v) is 4.19. The van der Waals surface area contributed by atoms with Gasteiger partial charge in [0.2, 0.25) is 5.75 Å². The summed E-state index contributed by atoms with van der Waals surface area (Å²) in [6.07, 6.45) is -0.786. The lowest BCUT2D eigenvalue weighted by Crippen LogP contribution is -1.98. The molecule has 0 aliphatic heterocycles. The van der Waals surface area contributed by atoms with Crippen molar-refractivity contribution in [2.24, 2.45) is 0 Å². The Morgan fingerprint density at radius 2 is 1.95 bits per heavy atom. The first-order valence-electron chi connectivity index (χ1n) is 5.88. The lowest BCUT2D eigenvalue weighted by molar-refractivity contribution is -0.385. The largest absolute Gasteiger partial charge is 0.450 e. The molecule has 0 fully saturated rings. The van der Waals surface area contributed by atoms with E-state index in [9.17, 15) is 19.6 Å². The number of nitrogens with zero attached hydrogens (tertiary/aromatic N) is 1. The van der Waals surface area contributed by atoms with Crippen LogP contribution in [-0.2, 0) is 0 Å². The van der Waals surface area contributed by atoms with Gasteiger partial charge in [-0.1, -0.05) is 18.2 Å². The fourth-order valence-electron chi connectivity index (χ4n) is 1.76. The highest BCUT2D eigenvalue weighted by molar-refractivity contribution is 5.49. The number of hydrogen-bond donors (Lipinski definition) is 1. The smallest absolute Gasteiger partial charge is 0.314 e. The third-order valence-corrected chi connectivity index (χ3v) is 2.71. The van der Waals surface area contributed by atoms with Crippen LogP contribution in [0.5, 0.6) is 11.5 Å². The molecule has 0 radical (unpaired) electrons. The van der Waals surface area contributed by atoms with Crippen LogP contribution in [0.4, 0.5) is 10.1 Å². The normalized spacial score (nSPS) is 11.9. The van der Waals surface area contributed by atoms with Gasteiger partial charge in [0, 0.05) is 5.56 Å². The minimum absolute atomic E-state index is 0.0792. The number of hydrogen-bond acceptors (Lipinski definition) is 4. The van der Waals surface area contributed by atoms with Gasteiger partial charge in [0.25, 0.3) is 0 Å². The number of rotatable bonds is 4. The summed E-state index contributed by atoms with van der Waals surface area (Å²) in [5, 5.41) is 20.5. The van der Waals surface area contributed by atoms with Crippen LogP contribution in [0.15, 0.2) is 42.5 Å². The third kappa shape index (κ3) is 2.92. The molecule has 1 N–H and O–H groups in total. The standard InChI is InChI=1S/C14H12FNO4/c1-9(17)11-4-2-3-5-13(11)20-14-7-6-10(15)8-12(14)16(18)19/h2-9,17H,1H3. The van der Waals surface area contributed by atoms with Crippen LogP contribution in [0, 0.1) is 15.9 Å². The Balaban J connectivity index is 2.43. The van der Waals surface area contributed by atoms with Gasteiger partial charge in [0.15, 0.2) is 0 Å². The Morgan fingerprint density at radius 3 is 2.60 bits per heavy atom. The van der Waals surface area contributed by atoms with Crippen molar-refractivity contribution in [3.8, 4) is 11.5 Å². The molecule has 1 atom stereocenters. The van der Waals surface area contributed by atoms with E-state index >= 15 is 0 Å². The van der Waals surface area contributed by atoms with Crippen LogP contribution in [0.1, 0.15) is 18.6 Å². The summed E-state index contributed by atoms with van der Waals surface area (Å²) in [4.78, 5) is 10.2. The van der Waals surface area contributed by atoms with Crippen molar-refractivity contribution in [1.29, 1.82) is 0 Å². The maximum absolute atomic E-state index is 13.1. The van der Waals surface area contributed by atoms with Gasteiger partial charge >= 0.3 is 5.69 Å². The zero-order valence-corrected chi connectivity index (χ0v) is 10.6. The van der Waals surface area contributed by atoms with E-state index < -0.39 is 22.5 Å². The Bertz CT molecular complexity index is 643. The van der Waals surface area contributed by atoms with E-state index in [4.69, 9.17) is 4.74 Å². The molecule has 0 bridgehead atoms. The molecule has 0 spiro atoms. The van der Waals surface area contributed by atoms with Crippen molar-refractivity contribution in [2.45, 2.75) is 13.0 Å². The van der Waals surface area contributed by atoms with E-state index in [1.165, 1.54) is 6.07 Å². The van der Waals surface area contributed by atoms with E-state index in [-0.39, 0.29) is 11.5 Å². The van der Waals surface area contributed by atoms with E-state index in [1.807, 2.05) is 0 Å². The van der Waals surface area contributed by atoms with Crippen molar-refractivity contribution >= 4 is 5.69 Å². The van der Waals surface area contributed by atoms with Crippen molar-refractivity contribution in [1.82, 2.24) is 0 Å².